The topological polar surface area (TPSA) is 88.6 Å². The van der Waals surface area contributed by atoms with Gasteiger partial charge >= 0.3 is 6.18 Å². The fraction of sp³-hybridized carbons (Fsp3) is 0.444. The maximum absolute atomic E-state index is 12.6. The molecule has 1 unspecified atom stereocenters. The van der Waals surface area contributed by atoms with E-state index < -0.39 is 41.2 Å². The molecule has 0 aromatic carbocycles. The van der Waals surface area contributed by atoms with Crippen LogP contribution in [-0.2, 0) is 0 Å². The molecule has 150 valence electrons. The lowest BCUT2D eigenvalue weighted by molar-refractivity contribution is -0.125. The Balaban J connectivity index is 3.07. The van der Waals surface area contributed by atoms with Crippen molar-refractivity contribution >= 4 is 5.78 Å². The van der Waals surface area contributed by atoms with E-state index in [1.165, 1.54) is 27.2 Å². The molecule has 0 fully saturated rings. The van der Waals surface area contributed by atoms with Crippen LogP contribution in [0.2, 0.25) is 0 Å². The molecule has 1 atom stereocenters. The molecule has 0 saturated heterocycles. The van der Waals surface area contributed by atoms with Gasteiger partial charge in [-0.25, -0.2) is 0 Å². The van der Waals surface area contributed by atoms with E-state index in [2.05, 4.69) is 4.98 Å². The zero-order valence-electron chi connectivity index (χ0n) is 15.4. The minimum Gasteiger partial charge on any atom is -0.503 e. The number of methoxy groups -OCH3 is 2. The molecule has 1 heterocycles. The van der Waals surface area contributed by atoms with Crippen molar-refractivity contribution in [3.05, 3.63) is 39.7 Å². The molecule has 0 saturated carbocycles. The van der Waals surface area contributed by atoms with Gasteiger partial charge in [-0.1, -0.05) is 30.7 Å². The number of H-pyrrole nitrogens is 1. The number of carbonyl (C=O) groups excluding carboxylic acids is 1. The van der Waals surface area contributed by atoms with Crippen LogP contribution in [0.25, 0.3) is 0 Å². The fourth-order valence-corrected chi connectivity index (χ4v) is 2.43. The van der Waals surface area contributed by atoms with Gasteiger partial charge in [0.15, 0.2) is 11.5 Å². The average molecular weight is 389 g/mol. The zero-order chi connectivity index (χ0) is 20.8. The summed E-state index contributed by atoms with van der Waals surface area (Å²) in [4.78, 5) is 27.1. The molecule has 0 bridgehead atoms. The van der Waals surface area contributed by atoms with E-state index in [0.717, 1.165) is 6.08 Å². The van der Waals surface area contributed by atoms with Crippen LogP contribution in [0.3, 0.4) is 0 Å². The Morgan fingerprint density at radius 1 is 1.30 bits per heavy atom. The standard InChI is InChI=1S/C18H22F3NO5/c1-5-11(7-6-8-18(19,20)21)9-10(2)13(23)12-14(24)15(26-3)17(27-4)22-16(12)25/h5-7,10H,8-9H2,1-4H3,(H2,22,24,25)/b7-6-,11-5+. The maximum atomic E-state index is 12.6. The number of carbonyl (C=O) groups is 1. The summed E-state index contributed by atoms with van der Waals surface area (Å²) in [5.41, 5.74) is -0.844. The number of alkyl halides is 3. The highest BCUT2D eigenvalue weighted by Gasteiger charge is 2.28. The van der Waals surface area contributed by atoms with Crippen LogP contribution in [0.5, 0.6) is 17.4 Å². The van der Waals surface area contributed by atoms with Gasteiger partial charge in [0.1, 0.15) is 5.56 Å². The molecule has 0 aliphatic rings. The molecular weight excluding hydrogens is 367 g/mol. The number of rotatable bonds is 8. The van der Waals surface area contributed by atoms with Crippen molar-refractivity contribution in [1.29, 1.82) is 0 Å². The summed E-state index contributed by atoms with van der Waals surface area (Å²) in [5.74, 6) is -2.41. The van der Waals surface area contributed by atoms with Gasteiger partial charge in [0.05, 0.1) is 20.6 Å². The van der Waals surface area contributed by atoms with Gasteiger partial charge in [0.25, 0.3) is 5.56 Å². The number of hydrogen-bond donors (Lipinski definition) is 2. The van der Waals surface area contributed by atoms with Crippen LogP contribution in [0.1, 0.15) is 37.0 Å². The highest BCUT2D eigenvalue weighted by molar-refractivity contribution is 6.00. The summed E-state index contributed by atoms with van der Waals surface area (Å²) in [6, 6.07) is 0. The maximum Gasteiger partial charge on any atom is 0.392 e. The second-order valence-corrected chi connectivity index (χ2v) is 5.80. The van der Waals surface area contributed by atoms with Crippen molar-refractivity contribution in [2.75, 3.05) is 14.2 Å². The molecule has 9 heteroatoms. The summed E-state index contributed by atoms with van der Waals surface area (Å²) in [7, 11) is 2.49. The predicted octanol–water partition coefficient (Wildman–Crippen LogP) is 3.76. The first kappa shape index (κ1) is 22.3. The van der Waals surface area contributed by atoms with Gasteiger partial charge in [-0.05, 0) is 13.3 Å². The second kappa shape index (κ2) is 9.29. The van der Waals surface area contributed by atoms with E-state index in [0.29, 0.717) is 5.57 Å². The number of ketones is 1. The Bertz CT molecular complexity index is 793. The van der Waals surface area contributed by atoms with Crippen molar-refractivity contribution in [1.82, 2.24) is 4.98 Å². The number of halogens is 3. The quantitative estimate of drug-likeness (QED) is 0.522. The number of aromatic hydroxyl groups is 1. The van der Waals surface area contributed by atoms with Gasteiger partial charge in [-0.3, -0.25) is 14.6 Å². The molecule has 0 spiro atoms. The number of aromatic amines is 1. The smallest absolute Gasteiger partial charge is 0.392 e. The molecule has 6 nitrogen and oxygen atoms in total. The van der Waals surface area contributed by atoms with Gasteiger partial charge < -0.3 is 14.6 Å². The summed E-state index contributed by atoms with van der Waals surface area (Å²) >= 11 is 0. The Hall–Kier alpha value is -2.71. The Labute approximate surface area is 154 Å². The van der Waals surface area contributed by atoms with E-state index in [9.17, 15) is 27.9 Å². The molecule has 27 heavy (non-hydrogen) atoms. The van der Waals surface area contributed by atoms with E-state index in [1.807, 2.05) is 0 Å². The van der Waals surface area contributed by atoms with Gasteiger partial charge in [0.2, 0.25) is 11.6 Å². The van der Waals surface area contributed by atoms with Crippen molar-refractivity contribution in [2.24, 2.45) is 5.92 Å². The number of Topliss-reactive ketones (excluding diaryl/α,β-unsaturated/α-hetero) is 1. The number of aromatic nitrogens is 1. The third kappa shape index (κ3) is 5.90. The van der Waals surface area contributed by atoms with Crippen LogP contribution in [0.15, 0.2) is 28.6 Å². The predicted molar refractivity (Wildman–Crippen MR) is 93.5 cm³/mol. The van der Waals surface area contributed by atoms with E-state index in [-0.39, 0.29) is 18.1 Å². The van der Waals surface area contributed by atoms with Crippen LogP contribution < -0.4 is 15.0 Å². The minimum absolute atomic E-state index is 0.0942. The molecule has 0 aliphatic carbocycles. The van der Waals surface area contributed by atoms with Crippen LogP contribution in [0.4, 0.5) is 13.2 Å². The third-order valence-corrected chi connectivity index (χ3v) is 3.81. The van der Waals surface area contributed by atoms with Crippen LogP contribution >= 0.6 is 0 Å². The molecule has 0 amide bonds. The Morgan fingerprint density at radius 2 is 1.93 bits per heavy atom. The first-order chi connectivity index (χ1) is 12.6. The summed E-state index contributed by atoms with van der Waals surface area (Å²) in [5, 5.41) is 10.2. The second-order valence-electron chi connectivity index (χ2n) is 5.80. The lowest BCUT2D eigenvalue weighted by Gasteiger charge is -2.15. The number of pyridine rings is 1. The Morgan fingerprint density at radius 3 is 2.41 bits per heavy atom. The lowest BCUT2D eigenvalue weighted by Crippen LogP contribution is -2.23. The summed E-state index contributed by atoms with van der Waals surface area (Å²) < 4.78 is 46.5. The fourth-order valence-electron chi connectivity index (χ4n) is 2.43. The summed E-state index contributed by atoms with van der Waals surface area (Å²) in [6.07, 6.45) is -1.46. The largest absolute Gasteiger partial charge is 0.503 e. The SMILES string of the molecule is C/C=C(\C=C/CC(F)(F)F)CC(C)C(=O)c1c(O)c(OC)c(OC)[nH]c1=O. The highest BCUT2D eigenvalue weighted by atomic mass is 19.4. The van der Waals surface area contributed by atoms with Gasteiger partial charge in [0, 0.05) is 5.92 Å². The van der Waals surface area contributed by atoms with E-state index in [4.69, 9.17) is 9.47 Å². The van der Waals surface area contributed by atoms with Crippen molar-refractivity contribution in [2.45, 2.75) is 32.9 Å². The molecular formula is C18H22F3NO5. The van der Waals surface area contributed by atoms with Gasteiger partial charge in [-0.15, -0.1) is 0 Å². The number of ether oxygens (including phenoxy) is 2. The number of nitrogens with one attached hydrogen (secondary N) is 1. The molecule has 0 radical (unpaired) electrons. The van der Waals surface area contributed by atoms with Crippen LogP contribution in [0, 0.1) is 5.92 Å². The van der Waals surface area contributed by atoms with Crippen molar-refractivity contribution < 1.29 is 32.5 Å². The van der Waals surface area contributed by atoms with E-state index >= 15 is 0 Å². The number of hydrogen-bond acceptors (Lipinski definition) is 5. The van der Waals surface area contributed by atoms with Crippen molar-refractivity contribution in [3.8, 4) is 17.4 Å². The van der Waals surface area contributed by atoms with Crippen molar-refractivity contribution in [3.63, 3.8) is 0 Å². The first-order valence-electron chi connectivity index (χ1n) is 8.05. The molecule has 2 N–H and O–H groups in total. The average Bonchev–Trinajstić information content (AvgIpc) is 2.58. The Kier molecular flexibility index (Phi) is 7.68. The molecule has 0 aliphatic heterocycles. The molecule has 1 aromatic heterocycles. The van der Waals surface area contributed by atoms with Gasteiger partial charge in [-0.2, -0.15) is 13.2 Å². The lowest BCUT2D eigenvalue weighted by atomic mass is 9.92. The third-order valence-electron chi connectivity index (χ3n) is 3.81. The van der Waals surface area contributed by atoms with E-state index in [1.54, 1.807) is 13.0 Å². The zero-order valence-corrected chi connectivity index (χ0v) is 15.4. The molecule has 1 rings (SSSR count). The summed E-state index contributed by atoms with van der Waals surface area (Å²) in [6.45, 7) is 3.14. The first-order valence-corrected chi connectivity index (χ1v) is 8.05. The monoisotopic (exact) mass is 389 g/mol. The minimum atomic E-state index is -4.31. The highest BCUT2D eigenvalue weighted by Crippen LogP contribution is 2.36. The number of allylic oxidation sites excluding steroid dienone is 4. The van der Waals surface area contributed by atoms with Crippen LogP contribution in [-0.4, -0.2) is 36.3 Å². The normalized spacial score (nSPS) is 13.7. The molecule has 1 aromatic rings.